The van der Waals surface area contributed by atoms with Crippen molar-refractivity contribution in [2.75, 3.05) is 0 Å². The van der Waals surface area contributed by atoms with Crippen LogP contribution in [0.5, 0.6) is 5.75 Å². The van der Waals surface area contributed by atoms with E-state index in [2.05, 4.69) is 4.98 Å². The number of benzene rings is 1. The van der Waals surface area contributed by atoms with Crippen molar-refractivity contribution >= 4 is 28.5 Å². The number of thiocarbonyl (C=S) groups is 1. The van der Waals surface area contributed by atoms with Gasteiger partial charge in [-0.15, -0.1) is 11.3 Å². The van der Waals surface area contributed by atoms with Crippen molar-refractivity contribution in [1.29, 1.82) is 0 Å². The number of thiazole rings is 1. The van der Waals surface area contributed by atoms with Gasteiger partial charge in [0.1, 0.15) is 12.4 Å². The average molecular weight is 278 g/mol. The van der Waals surface area contributed by atoms with Gasteiger partial charge in [-0.2, -0.15) is 0 Å². The second-order valence-electron chi connectivity index (χ2n) is 3.93. The molecule has 18 heavy (non-hydrogen) atoms. The molecule has 0 atom stereocenters. The lowest BCUT2D eigenvalue weighted by molar-refractivity contribution is 0.302. The van der Waals surface area contributed by atoms with Gasteiger partial charge in [-0.25, -0.2) is 4.98 Å². The SMILES string of the molecule is Cc1nc(COc2ccc(CC(N)=S)cc2)cs1. The number of hydrogen-bond acceptors (Lipinski definition) is 4. The number of nitrogens with zero attached hydrogens (tertiary/aromatic N) is 1. The van der Waals surface area contributed by atoms with E-state index < -0.39 is 0 Å². The van der Waals surface area contributed by atoms with Crippen LogP contribution < -0.4 is 10.5 Å². The van der Waals surface area contributed by atoms with Crippen LogP contribution in [0.1, 0.15) is 16.3 Å². The summed E-state index contributed by atoms with van der Waals surface area (Å²) >= 11 is 6.50. The summed E-state index contributed by atoms with van der Waals surface area (Å²) < 4.78 is 5.65. The molecule has 0 fully saturated rings. The molecule has 3 nitrogen and oxygen atoms in total. The van der Waals surface area contributed by atoms with Gasteiger partial charge in [0.25, 0.3) is 0 Å². The number of ether oxygens (including phenoxy) is 1. The quantitative estimate of drug-likeness (QED) is 0.854. The highest BCUT2D eigenvalue weighted by molar-refractivity contribution is 7.80. The number of aromatic nitrogens is 1. The number of nitrogens with two attached hydrogens (primary N) is 1. The van der Waals surface area contributed by atoms with Gasteiger partial charge in [-0.1, -0.05) is 24.4 Å². The fraction of sp³-hybridized carbons (Fsp3) is 0.231. The van der Waals surface area contributed by atoms with Crippen LogP contribution in [0.4, 0.5) is 0 Å². The Bertz CT molecular complexity index is 534. The second kappa shape index (κ2) is 5.93. The summed E-state index contributed by atoms with van der Waals surface area (Å²) in [6.45, 7) is 2.48. The minimum absolute atomic E-state index is 0.499. The molecule has 0 bridgehead atoms. The maximum absolute atomic E-state index is 5.65. The van der Waals surface area contributed by atoms with Crippen LogP contribution in [-0.2, 0) is 13.0 Å². The van der Waals surface area contributed by atoms with Crippen LogP contribution in [0.3, 0.4) is 0 Å². The molecule has 0 saturated carbocycles. The lowest BCUT2D eigenvalue weighted by atomic mass is 10.1. The van der Waals surface area contributed by atoms with Crippen molar-refractivity contribution in [3.8, 4) is 5.75 Å². The van der Waals surface area contributed by atoms with E-state index >= 15 is 0 Å². The Morgan fingerprint density at radius 3 is 2.67 bits per heavy atom. The number of aryl methyl sites for hydroxylation is 1. The van der Waals surface area contributed by atoms with Crippen molar-refractivity contribution in [2.24, 2.45) is 5.73 Å². The van der Waals surface area contributed by atoms with Crippen LogP contribution in [0, 0.1) is 6.92 Å². The highest BCUT2D eigenvalue weighted by Gasteiger charge is 2.01. The molecule has 2 aromatic rings. The minimum atomic E-state index is 0.499. The zero-order valence-electron chi connectivity index (χ0n) is 10.1. The van der Waals surface area contributed by atoms with Crippen molar-refractivity contribution < 1.29 is 4.74 Å². The smallest absolute Gasteiger partial charge is 0.131 e. The third-order valence-electron chi connectivity index (χ3n) is 2.35. The molecule has 1 aromatic carbocycles. The summed E-state index contributed by atoms with van der Waals surface area (Å²) in [7, 11) is 0. The fourth-order valence-corrected chi connectivity index (χ4v) is 2.30. The Morgan fingerprint density at radius 1 is 1.39 bits per heavy atom. The monoisotopic (exact) mass is 278 g/mol. The van der Waals surface area contributed by atoms with Crippen molar-refractivity contribution in [3.63, 3.8) is 0 Å². The summed E-state index contributed by atoms with van der Waals surface area (Å²) in [5.74, 6) is 0.826. The van der Waals surface area contributed by atoms with E-state index in [1.165, 1.54) is 0 Å². The van der Waals surface area contributed by atoms with E-state index in [0.717, 1.165) is 22.0 Å². The summed E-state index contributed by atoms with van der Waals surface area (Å²) in [6, 6.07) is 7.79. The Morgan fingerprint density at radius 2 is 2.11 bits per heavy atom. The molecule has 0 aliphatic rings. The molecule has 0 radical (unpaired) electrons. The fourth-order valence-electron chi connectivity index (χ4n) is 1.54. The van der Waals surface area contributed by atoms with E-state index in [1.54, 1.807) is 11.3 Å². The largest absolute Gasteiger partial charge is 0.487 e. The van der Waals surface area contributed by atoms with E-state index in [1.807, 2.05) is 36.6 Å². The van der Waals surface area contributed by atoms with Crippen LogP contribution in [-0.4, -0.2) is 9.97 Å². The third kappa shape index (κ3) is 3.78. The summed E-state index contributed by atoms with van der Waals surface area (Å²) in [4.78, 5) is 4.84. The van der Waals surface area contributed by atoms with Crippen LogP contribution in [0.2, 0.25) is 0 Å². The van der Waals surface area contributed by atoms with E-state index in [4.69, 9.17) is 22.7 Å². The van der Waals surface area contributed by atoms with Gasteiger partial charge >= 0.3 is 0 Å². The van der Waals surface area contributed by atoms with Gasteiger partial charge in [-0.05, 0) is 24.6 Å². The van der Waals surface area contributed by atoms with Crippen LogP contribution in [0.25, 0.3) is 0 Å². The Hall–Kier alpha value is -1.46. The lowest BCUT2D eigenvalue weighted by Gasteiger charge is -2.05. The molecule has 0 aliphatic heterocycles. The second-order valence-corrected chi connectivity index (χ2v) is 5.52. The van der Waals surface area contributed by atoms with Crippen LogP contribution >= 0.6 is 23.6 Å². The molecule has 0 aliphatic carbocycles. The zero-order chi connectivity index (χ0) is 13.0. The lowest BCUT2D eigenvalue weighted by Crippen LogP contribution is -2.10. The average Bonchev–Trinajstić information content (AvgIpc) is 2.74. The van der Waals surface area contributed by atoms with Gasteiger partial charge in [-0.3, -0.25) is 0 Å². The molecule has 2 N–H and O–H groups in total. The normalized spacial score (nSPS) is 10.3. The highest BCUT2D eigenvalue weighted by Crippen LogP contribution is 2.15. The summed E-state index contributed by atoms with van der Waals surface area (Å²) in [6.07, 6.45) is 0.626. The first-order valence-corrected chi connectivity index (χ1v) is 6.83. The molecule has 1 heterocycles. The molecule has 5 heteroatoms. The Balaban J connectivity index is 1.92. The van der Waals surface area contributed by atoms with Crippen LogP contribution in [0.15, 0.2) is 29.6 Å². The van der Waals surface area contributed by atoms with Crippen molar-refractivity contribution in [2.45, 2.75) is 20.0 Å². The first-order chi connectivity index (χ1) is 8.63. The summed E-state index contributed by atoms with van der Waals surface area (Å²) in [5.41, 5.74) is 7.55. The summed E-state index contributed by atoms with van der Waals surface area (Å²) in [5, 5.41) is 3.07. The van der Waals surface area contributed by atoms with Crippen molar-refractivity contribution in [1.82, 2.24) is 4.98 Å². The van der Waals surface area contributed by atoms with E-state index in [9.17, 15) is 0 Å². The topological polar surface area (TPSA) is 48.1 Å². The standard InChI is InChI=1S/C13H14N2OS2/c1-9-15-11(8-18-9)7-16-12-4-2-10(3-5-12)6-13(14)17/h2-5,8H,6-7H2,1H3,(H2,14,17). The maximum Gasteiger partial charge on any atom is 0.131 e. The minimum Gasteiger partial charge on any atom is -0.487 e. The van der Waals surface area contributed by atoms with Gasteiger partial charge < -0.3 is 10.5 Å². The molecular formula is C13H14N2OS2. The first-order valence-electron chi connectivity index (χ1n) is 5.54. The predicted molar refractivity (Wildman–Crippen MR) is 78.1 cm³/mol. The molecule has 94 valence electrons. The van der Waals surface area contributed by atoms with E-state index in [0.29, 0.717) is 18.0 Å². The number of rotatable bonds is 5. The Kier molecular flexibility index (Phi) is 4.28. The van der Waals surface area contributed by atoms with E-state index in [-0.39, 0.29) is 0 Å². The molecule has 2 rings (SSSR count). The third-order valence-corrected chi connectivity index (χ3v) is 3.32. The van der Waals surface area contributed by atoms with Gasteiger partial charge in [0.2, 0.25) is 0 Å². The van der Waals surface area contributed by atoms with Gasteiger partial charge in [0.15, 0.2) is 0 Å². The zero-order valence-corrected chi connectivity index (χ0v) is 11.7. The number of hydrogen-bond donors (Lipinski definition) is 1. The highest BCUT2D eigenvalue weighted by atomic mass is 32.1. The predicted octanol–water partition coefficient (Wildman–Crippen LogP) is 2.86. The molecule has 0 amide bonds. The molecular weight excluding hydrogens is 264 g/mol. The van der Waals surface area contributed by atoms with Crippen molar-refractivity contribution in [3.05, 3.63) is 45.9 Å². The molecule has 0 unspecified atom stereocenters. The Labute approximate surface area is 116 Å². The molecule has 0 spiro atoms. The maximum atomic E-state index is 5.65. The van der Waals surface area contributed by atoms with Gasteiger partial charge in [0.05, 0.1) is 15.7 Å². The van der Waals surface area contributed by atoms with Gasteiger partial charge in [0, 0.05) is 11.8 Å². The molecule has 1 aromatic heterocycles. The first kappa shape index (κ1) is 13.0. The molecule has 0 saturated heterocycles.